The molecule has 22 heavy (non-hydrogen) atoms. The Bertz CT molecular complexity index is 495. The monoisotopic (exact) mass is 307 g/mol. The second-order valence-electron chi connectivity index (χ2n) is 6.02. The van der Waals surface area contributed by atoms with Crippen LogP contribution in [0.1, 0.15) is 55.3 Å². The van der Waals surface area contributed by atoms with E-state index in [4.69, 9.17) is 9.94 Å². The number of aliphatic hydroxyl groups excluding tert-OH is 1. The molecule has 0 bridgehead atoms. The van der Waals surface area contributed by atoms with Crippen LogP contribution in [0.5, 0.6) is 5.75 Å². The third kappa shape index (κ3) is 4.45. The molecule has 1 fully saturated rings. The lowest BCUT2D eigenvalue weighted by Crippen LogP contribution is -2.18. The molecule has 0 amide bonds. The first-order chi connectivity index (χ1) is 10.6. The Morgan fingerprint density at radius 1 is 1.32 bits per heavy atom. The van der Waals surface area contributed by atoms with Gasteiger partial charge in [0.2, 0.25) is 0 Å². The van der Waals surface area contributed by atoms with Crippen molar-refractivity contribution in [2.45, 2.75) is 51.0 Å². The molecule has 1 saturated carbocycles. The predicted molar refractivity (Wildman–Crippen MR) is 84.5 cm³/mol. The summed E-state index contributed by atoms with van der Waals surface area (Å²) < 4.78 is 5.14. The first kappa shape index (κ1) is 16.8. The van der Waals surface area contributed by atoms with Gasteiger partial charge in [0.1, 0.15) is 11.4 Å². The Balaban J connectivity index is 1.82. The molecule has 0 spiro atoms. The Hall–Kier alpha value is -1.59. The standard InChI is InChI=1S/C17H25NO4/c1-22-17-11-13(7-10-15(17)18-21)16(20)4-2-3-12-5-8-14(19)9-6-12/h7,10-12,14,18-19,21H,2-6,8-9H2,1H3. The van der Waals surface area contributed by atoms with Gasteiger partial charge in [-0.05, 0) is 56.2 Å². The number of rotatable bonds is 7. The van der Waals surface area contributed by atoms with Gasteiger partial charge in [-0.1, -0.05) is 6.42 Å². The molecule has 5 nitrogen and oxygen atoms in total. The maximum atomic E-state index is 12.2. The fourth-order valence-corrected chi connectivity index (χ4v) is 3.09. The van der Waals surface area contributed by atoms with Crippen molar-refractivity contribution >= 4 is 11.5 Å². The van der Waals surface area contributed by atoms with Crippen LogP contribution in [0.15, 0.2) is 18.2 Å². The molecule has 0 atom stereocenters. The number of hydrogen-bond acceptors (Lipinski definition) is 5. The normalized spacial score (nSPS) is 21.4. The Labute approximate surface area is 131 Å². The molecule has 5 heteroatoms. The highest BCUT2D eigenvalue weighted by molar-refractivity contribution is 5.97. The average Bonchev–Trinajstić information content (AvgIpc) is 2.55. The number of aliphatic hydroxyl groups is 1. The quantitative estimate of drug-likeness (QED) is 0.531. The lowest BCUT2D eigenvalue weighted by molar-refractivity contribution is 0.0954. The second kappa shape index (κ2) is 8.15. The summed E-state index contributed by atoms with van der Waals surface area (Å²) in [4.78, 5) is 12.2. The van der Waals surface area contributed by atoms with Crippen LogP contribution < -0.4 is 10.2 Å². The maximum Gasteiger partial charge on any atom is 0.163 e. The van der Waals surface area contributed by atoms with Crippen LogP contribution in [0.25, 0.3) is 0 Å². The minimum Gasteiger partial charge on any atom is -0.494 e. The van der Waals surface area contributed by atoms with Gasteiger partial charge in [-0.3, -0.25) is 15.5 Å². The topological polar surface area (TPSA) is 78.8 Å². The van der Waals surface area contributed by atoms with Gasteiger partial charge in [-0.15, -0.1) is 0 Å². The molecule has 3 N–H and O–H groups in total. The van der Waals surface area contributed by atoms with E-state index in [1.807, 2.05) is 5.48 Å². The second-order valence-corrected chi connectivity index (χ2v) is 6.02. The van der Waals surface area contributed by atoms with Crippen LogP contribution in [-0.4, -0.2) is 29.3 Å². The molecule has 0 saturated heterocycles. The number of methoxy groups -OCH3 is 1. The number of ether oxygens (including phenoxy) is 1. The molecule has 0 aliphatic heterocycles. The van der Waals surface area contributed by atoms with E-state index in [2.05, 4.69) is 0 Å². The van der Waals surface area contributed by atoms with Crippen LogP contribution in [0.3, 0.4) is 0 Å². The third-order valence-corrected chi connectivity index (χ3v) is 4.48. The summed E-state index contributed by atoms with van der Waals surface area (Å²) in [5, 5.41) is 18.4. The van der Waals surface area contributed by atoms with Crippen molar-refractivity contribution in [2.24, 2.45) is 5.92 Å². The fourth-order valence-electron chi connectivity index (χ4n) is 3.09. The molecule has 1 aromatic carbocycles. The fraction of sp³-hybridized carbons (Fsp3) is 0.588. The zero-order valence-corrected chi connectivity index (χ0v) is 13.0. The Morgan fingerprint density at radius 3 is 2.68 bits per heavy atom. The highest BCUT2D eigenvalue weighted by Crippen LogP contribution is 2.29. The molecule has 2 rings (SSSR count). The number of benzene rings is 1. The molecule has 1 aliphatic carbocycles. The zero-order chi connectivity index (χ0) is 15.9. The van der Waals surface area contributed by atoms with Crippen LogP contribution in [0, 0.1) is 5.92 Å². The number of nitrogens with one attached hydrogen (secondary N) is 1. The van der Waals surface area contributed by atoms with Crippen LogP contribution in [0.2, 0.25) is 0 Å². The van der Waals surface area contributed by atoms with E-state index in [0.29, 0.717) is 29.3 Å². The summed E-state index contributed by atoms with van der Waals surface area (Å²) in [6, 6.07) is 4.98. The van der Waals surface area contributed by atoms with E-state index in [-0.39, 0.29) is 11.9 Å². The van der Waals surface area contributed by atoms with E-state index in [9.17, 15) is 9.90 Å². The first-order valence-corrected chi connectivity index (χ1v) is 7.93. The molecule has 0 radical (unpaired) electrons. The van der Waals surface area contributed by atoms with E-state index in [0.717, 1.165) is 38.5 Å². The number of hydrogen-bond donors (Lipinski definition) is 3. The summed E-state index contributed by atoms with van der Waals surface area (Å²) in [7, 11) is 1.50. The van der Waals surface area contributed by atoms with Gasteiger partial charge in [-0.2, -0.15) is 0 Å². The summed E-state index contributed by atoms with van der Waals surface area (Å²) >= 11 is 0. The molecular formula is C17H25NO4. The van der Waals surface area contributed by atoms with Crippen LogP contribution >= 0.6 is 0 Å². The number of carbonyl (C=O) groups excluding carboxylic acids is 1. The SMILES string of the molecule is COc1cc(C(=O)CCCC2CCC(O)CC2)ccc1NO. The molecule has 1 aliphatic rings. The molecule has 0 unspecified atom stereocenters. The van der Waals surface area contributed by atoms with Gasteiger partial charge in [-0.25, -0.2) is 0 Å². The van der Waals surface area contributed by atoms with E-state index in [1.54, 1.807) is 18.2 Å². The predicted octanol–water partition coefficient (Wildman–Crippen LogP) is 3.40. The van der Waals surface area contributed by atoms with Gasteiger partial charge in [0.25, 0.3) is 0 Å². The van der Waals surface area contributed by atoms with Gasteiger partial charge >= 0.3 is 0 Å². The van der Waals surface area contributed by atoms with Gasteiger partial charge in [0.05, 0.1) is 13.2 Å². The largest absolute Gasteiger partial charge is 0.494 e. The minimum absolute atomic E-state index is 0.0960. The molecule has 1 aromatic rings. The van der Waals surface area contributed by atoms with E-state index in [1.165, 1.54) is 7.11 Å². The van der Waals surface area contributed by atoms with Gasteiger partial charge < -0.3 is 9.84 Å². The van der Waals surface area contributed by atoms with Crippen molar-refractivity contribution in [1.29, 1.82) is 0 Å². The average molecular weight is 307 g/mol. The van der Waals surface area contributed by atoms with Crippen molar-refractivity contribution in [3.8, 4) is 5.75 Å². The number of ketones is 1. The van der Waals surface area contributed by atoms with E-state index >= 15 is 0 Å². The highest BCUT2D eigenvalue weighted by atomic mass is 16.5. The van der Waals surface area contributed by atoms with Crippen LogP contribution in [-0.2, 0) is 0 Å². The summed E-state index contributed by atoms with van der Waals surface area (Å²) in [5.74, 6) is 1.19. The summed E-state index contributed by atoms with van der Waals surface area (Å²) in [6.07, 6.45) is 6.25. The molecule has 0 aromatic heterocycles. The van der Waals surface area contributed by atoms with Crippen molar-refractivity contribution in [1.82, 2.24) is 0 Å². The Kier molecular flexibility index (Phi) is 6.21. The molecule has 122 valence electrons. The molecule has 0 heterocycles. The maximum absolute atomic E-state index is 12.2. The lowest BCUT2D eigenvalue weighted by Gasteiger charge is -2.25. The molecular weight excluding hydrogens is 282 g/mol. The van der Waals surface area contributed by atoms with Gasteiger partial charge in [0, 0.05) is 12.0 Å². The first-order valence-electron chi connectivity index (χ1n) is 7.93. The highest BCUT2D eigenvalue weighted by Gasteiger charge is 2.19. The summed E-state index contributed by atoms with van der Waals surface area (Å²) in [6.45, 7) is 0. The third-order valence-electron chi connectivity index (χ3n) is 4.48. The van der Waals surface area contributed by atoms with E-state index < -0.39 is 0 Å². The van der Waals surface area contributed by atoms with Crippen LogP contribution in [0.4, 0.5) is 5.69 Å². The van der Waals surface area contributed by atoms with Crippen molar-refractivity contribution in [2.75, 3.05) is 12.6 Å². The number of carbonyl (C=O) groups is 1. The van der Waals surface area contributed by atoms with Crippen molar-refractivity contribution < 1.29 is 19.8 Å². The van der Waals surface area contributed by atoms with Crippen molar-refractivity contribution in [3.63, 3.8) is 0 Å². The van der Waals surface area contributed by atoms with Crippen molar-refractivity contribution in [3.05, 3.63) is 23.8 Å². The summed E-state index contributed by atoms with van der Waals surface area (Å²) in [5.41, 5.74) is 3.10. The minimum atomic E-state index is -0.121. The number of Topliss-reactive ketones (excluding diaryl/α,β-unsaturated/α-hetero) is 1. The smallest absolute Gasteiger partial charge is 0.163 e. The zero-order valence-electron chi connectivity index (χ0n) is 13.0. The number of anilines is 1. The van der Waals surface area contributed by atoms with Gasteiger partial charge in [0.15, 0.2) is 5.78 Å². The lowest BCUT2D eigenvalue weighted by atomic mass is 9.84. The Morgan fingerprint density at radius 2 is 2.05 bits per heavy atom.